The van der Waals surface area contributed by atoms with E-state index in [-0.39, 0.29) is 13.2 Å². The Kier molecular flexibility index (Phi) is 7.69. The topological polar surface area (TPSA) is 100 Å². The molecule has 0 saturated carbocycles. The molecule has 0 fully saturated rings. The molecule has 0 amide bonds. The van der Waals surface area contributed by atoms with Gasteiger partial charge in [0.05, 0.1) is 14.1 Å². The zero-order chi connectivity index (χ0) is 16.5. The fourth-order valence-corrected chi connectivity index (χ4v) is 1.20. The van der Waals surface area contributed by atoms with E-state index in [2.05, 4.69) is 6.58 Å². The van der Waals surface area contributed by atoms with E-state index in [9.17, 15) is 9.59 Å². The molecule has 0 saturated heterocycles. The molecule has 1 N–H and O–H groups in total. The Hall–Kier alpha value is -2.42. The highest BCUT2D eigenvalue weighted by molar-refractivity contribution is 6.01. The molecule has 0 aromatic rings. The molecule has 0 aromatic heterocycles. The molecule has 0 rings (SSSR count). The van der Waals surface area contributed by atoms with Crippen molar-refractivity contribution in [3.05, 3.63) is 17.7 Å². The van der Waals surface area contributed by atoms with Gasteiger partial charge in [-0.15, -0.1) is 0 Å². The zero-order valence-electron chi connectivity index (χ0n) is 12.6. The van der Waals surface area contributed by atoms with Crippen LogP contribution in [0, 0.1) is 16.7 Å². The summed E-state index contributed by atoms with van der Waals surface area (Å²) in [5.41, 5.74) is -0.118. The Morgan fingerprint density at radius 2 is 1.67 bits per heavy atom. The second-order valence-electron chi connectivity index (χ2n) is 5.05. The second kappa shape index (κ2) is 8.69. The van der Waals surface area contributed by atoms with Crippen LogP contribution in [-0.2, 0) is 19.1 Å². The highest BCUT2D eigenvalue weighted by Gasteiger charge is 2.18. The van der Waals surface area contributed by atoms with Crippen LogP contribution in [0.5, 0.6) is 0 Å². The number of hydrogen-bond acceptors (Lipinski definition) is 6. The lowest BCUT2D eigenvalue weighted by molar-refractivity contribution is -0.890. The molecule has 0 atom stereocenters. The number of ether oxygens (including phenoxy) is 2. The van der Waals surface area contributed by atoms with E-state index < -0.39 is 17.5 Å². The molecule has 0 spiro atoms. The van der Waals surface area contributed by atoms with Crippen molar-refractivity contribution in [3.63, 3.8) is 0 Å². The third-order valence-electron chi connectivity index (χ3n) is 2.65. The summed E-state index contributed by atoms with van der Waals surface area (Å²) in [6, 6.07) is 1.53. The maximum Gasteiger partial charge on any atom is 0.358 e. The third-order valence-corrected chi connectivity index (χ3v) is 2.65. The minimum absolute atomic E-state index is 0.0904. The van der Waals surface area contributed by atoms with Crippen LogP contribution in [0.4, 0.5) is 0 Å². The Morgan fingerprint density at radius 1 is 1.19 bits per heavy atom. The molecule has 114 valence electrons. The van der Waals surface area contributed by atoms with Crippen LogP contribution in [0.25, 0.3) is 0 Å². The predicted molar refractivity (Wildman–Crippen MR) is 75.4 cm³/mol. The first-order valence-corrected chi connectivity index (χ1v) is 6.25. The first-order chi connectivity index (χ1) is 9.73. The lowest BCUT2D eigenvalue weighted by atomic mass is 10.3. The summed E-state index contributed by atoms with van der Waals surface area (Å²) in [6.45, 7) is 6.41. The van der Waals surface area contributed by atoms with Gasteiger partial charge in [0.25, 0.3) is 0 Å². The van der Waals surface area contributed by atoms with Crippen molar-refractivity contribution in [1.29, 1.82) is 10.7 Å². The number of rotatable bonds is 8. The SMILES string of the molecule is C=C(C)C(=O)OCC[N+](C)(C)CCOC(=O)C(=C=N)C#N. The monoisotopic (exact) mass is 294 g/mol. The van der Waals surface area contributed by atoms with Gasteiger partial charge in [-0.1, -0.05) is 6.58 Å². The smallest absolute Gasteiger partial charge is 0.358 e. The van der Waals surface area contributed by atoms with Crippen molar-refractivity contribution in [3.8, 4) is 6.07 Å². The van der Waals surface area contributed by atoms with Crippen molar-refractivity contribution in [2.24, 2.45) is 0 Å². The van der Waals surface area contributed by atoms with Gasteiger partial charge in [-0.3, -0.25) is 5.41 Å². The van der Waals surface area contributed by atoms with Gasteiger partial charge >= 0.3 is 11.9 Å². The molecule has 0 aliphatic carbocycles. The minimum atomic E-state index is -0.860. The fraction of sp³-hybridized carbons (Fsp3) is 0.500. The lowest BCUT2D eigenvalue weighted by Crippen LogP contribution is -2.45. The van der Waals surface area contributed by atoms with Crippen molar-refractivity contribution in [1.82, 2.24) is 0 Å². The summed E-state index contributed by atoms with van der Waals surface area (Å²) in [4.78, 5) is 22.5. The quantitative estimate of drug-likeness (QED) is 0.230. The molecule has 7 heteroatoms. The van der Waals surface area contributed by atoms with Crippen LogP contribution >= 0.6 is 0 Å². The van der Waals surface area contributed by atoms with Gasteiger partial charge in [0.15, 0.2) is 5.57 Å². The molecular formula is C14H20N3O4+. The van der Waals surface area contributed by atoms with Gasteiger partial charge in [-0.25, -0.2) is 9.59 Å². The Balaban J connectivity index is 4.12. The van der Waals surface area contributed by atoms with Crippen LogP contribution in [0.1, 0.15) is 6.92 Å². The molecule has 0 radical (unpaired) electrons. The van der Waals surface area contributed by atoms with Gasteiger partial charge in [0.1, 0.15) is 32.4 Å². The average molecular weight is 294 g/mol. The van der Waals surface area contributed by atoms with Gasteiger partial charge in [-0.05, 0) is 6.92 Å². The highest BCUT2D eigenvalue weighted by atomic mass is 16.5. The highest BCUT2D eigenvalue weighted by Crippen LogP contribution is 2.00. The maximum atomic E-state index is 11.3. The Morgan fingerprint density at radius 3 is 2.05 bits per heavy atom. The molecule has 21 heavy (non-hydrogen) atoms. The number of esters is 2. The molecule has 0 aliphatic rings. The van der Waals surface area contributed by atoms with Gasteiger partial charge in [0, 0.05) is 11.4 Å². The van der Waals surface area contributed by atoms with E-state index in [1.165, 1.54) is 6.07 Å². The Labute approximate surface area is 124 Å². The van der Waals surface area contributed by atoms with Crippen molar-refractivity contribution in [2.45, 2.75) is 6.92 Å². The number of likely N-dealkylation sites (N-methyl/N-ethyl adjacent to an activating group) is 1. The Bertz CT molecular complexity index is 511. The van der Waals surface area contributed by atoms with E-state index in [0.29, 0.717) is 23.1 Å². The summed E-state index contributed by atoms with van der Waals surface area (Å²) in [6.07, 6.45) is 0. The number of carbonyl (C=O) groups excluding carboxylic acids is 2. The number of nitrogens with one attached hydrogen (secondary N) is 1. The molecule has 0 unspecified atom stereocenters. The predicted octanol–water partition coefficient (Wildman–Crippen LogP) is 0.424. The van der Waals surface area contributed by atoms with E-state index >= 15 is 0 Å². The molecular weight excluding hydrogens is 274 g/mol. The van der Waals surface area contributed by atoms with Gasteiger partial charge in [-0.2, -0.15) is 5.26 Å². The van der Waals surface area contributed by atoms with E-state index in [1.807, 2.05) is 14.1 Å². The lowest BCUT2D eigenvalue weighted by Gasteiger charge is -2.29. The van der Waals surface area contributed by atoms with Gasteiger partial charge in [0.2, 0.25) is 0 Å². The van der Waals surface area contributed by atoms with Crippen molar-refractivity contribution >= 4 is 17.8 Å². The second-order valence-corrected chi connectivity index (χ2v) is 5.05. The molecule has 7 nitrogen and oxygen atoms in total. The average Bonchev–Trinajstić information content (AvgIpc) is 2.39. The summed E-state index contributed by atoms with van der Waals surface area (Å²) in [5, 5.41) is 15.3. The first kappa shape index (κ1) is 18.6. The fourth-order valence-electron chi connectivity index (χ4n) is 1.20. The molecule has 0 aliphatic heterocycles. The molecule has 0 heterocycles. The summed E-state index contributed by atoms with van der Waals surface area (Å²) < 4.78 is 10.3. The van der Waals surface area contributed by atoms with Crippen LogP contribution in [0.3, 0.4) is 0 Å². The normalized spacial score (nSPS) is 10.0. The number of quaternary nitrogens is 1. The third kappa shape index (κ3) is 7.67. The largest absolute Gasteiger partial charge is 0.456 e. The summed E-state index contributed by atoms with van der Waals surface area (Å²) in [5.74, 6) is 0.423. The van der Waals surface area contributed by atoms with Crippen LogP contribution in [0.15, 0.2) is 17.7 Å². The van der Waals surface area contributed by atoms with Crippen LogP contribution in [0.2, 0.25) is 0 Å². The van der Waals surface area contributed by atoms with Gasteiger partial charge < -0.3 is 14.0 Å². The minimum Gasteiger partial charge on any atom is -0.456 e. The number of hydrogen-bond donors (Lipinski definition) is 1. The summed E-state index contributed by atoms with van der Waals surface area (Å²) in [7, 11) is 3.78. The first-order valence-electron chi connectivity index (χ1n) is 6.25. The van der Waals surface area contributed by atoms with Crippen molar-refractivity contribution in [2.75, 3.05) is 40.4 Å². The van der Waals surface area contributed by atoms with E-state index in [4.69, 9.17) is 20.1 Å². The number of nitriles is 1. The summed E-state index contributed by atoms with van der Waals surface area (Å²) >= 11 is 0. The standard InChI is InChI=1S/C14H20N3O4/c1-11(2)13(18)20-7-5-17(3,4)6-8-21-14(19)12(9-15)10-16/h15H,1,5-8H2,2-4H3/q+1. The van der Waals surface area contributed by atoms with Crippen molar-refractivity contribution < 1.29 is 23.5 Å². The number of carbonyl (C=O) groups is 2. The molecule has 0 aromatic carbocycles. The molecule has 0 bridgehead atoms. The van der Waals surface area contributed by atoms with E-state index in [0.717, 1.165) is 0 Å². The van der Waals surface area contributed by atoms with E-state index in [1.54, 1.807) is 12.8 Å². The number of nitrogens with zero attached hydrogens (tertiary/aromatic N) is 2. The van der Waals surface area contributed by atoms with Crippen LogP contribution < -0.4 is 0 Å². The zero-order valence-corrected chi connectivity index (χ0v) is 12.6. The van der Waals surface area contributed by atoms with Crippen LogP contribution in [-0.4, -0.2) is 62.7 Å². The maximum absolute atomic E-state index is 11.3.